The van der Waals surface area contributed by atoms with Gasteiger partial charge in [0.2, 0.25) is 11.0 Å². The number of sulfonamides is 1. The molecule has 1 aromatic heterocycles. The van der Waals surface area contributed by atoms with Crippen LogP contribution in [-0.4, -0.2) is 48.2 Å². The summed E-state index contributed by atoms with van der Waals surface area (Å²) in [4.78, 5) is 24.4. The van der Waals surface area contributed by atoms with Crippen molar-refractivity contribution < 1.29 is 22.4 Å². The van der Waals surface area contributed by atoms with E-state index in [0.29, 0.717) is 19.4 Å². The van der Waals surface area contributed by atoms with E-state index in [2.05, 4.69) is 17.2 Å². The summed E-state index contributed by atoms with van der Waals surface area (Å²) < 4.78 is 34.0. The zero-order valence-corrected chi connectivity index (χ0v) is 20.2. The monoisotopic (exact) mass is 473 g/mol. The average Bonchev–Trinajstić information content (AvgIpc) is 3.30. The van der Waals surface area contributed by atoms with Gasteiger partial charge in [0.25, 0.3) is 15.9 Å². The first-order chi connectivity index (χ1) is 15.4. The lowest BCUT2D eigenvalue weighted by molar-refractivity contribution is -0.117. The van der Waals surface area contributed by atoms with Crippen LogP contribution in [0.2, 0.25) is 0 Å². The molecule has 1 aliphatic heterocycles. The minimum absolute atomic E-state index is 0.0760. The number of furan rings is 1. The minimum atomic E-state index is -4.10. The van der Waals surface area contributed by atoms with Crippen molar-refractivity contribution in [2.75, 3.05) is 6.54 Å². The number of benzene rings is 1. The molecule has 1 atom stereocenters. The Hall–Kier alpha value is -2.91. The molecule has 2 amide bonds. The second-order valence-electron chi connectivity index (χ2n) is 9.32. The fourth-order valence-electron chi connectivity index (χ4n) is 4.57. The number of carbonyl (C=O) groups is 2. The number of amides is 2. The molecule has 1 aliphatic rings. The first kappa shape index (κ1) is 24.7. The van der Waals surface area contributed by atoms with Gasteiger partial charge in [0, 0.05) is 18.1 Å². The van der Waals surface area contributed by atoms with Gasteiger partial charge in [0.05, 0.1) is 5.54 Å². The summed E-state index contributed by atoms with van der Waals surface area (Å²) in [7, 11) is -4.10. The van der Waals surface area contributed by atoms with Crippen molar-refractivity contribution in [2.45, 2.75) is 62.7 Å². The normalized spacial score (nSPS) is 19.7. The Bertz CT molecular complexity index is 1140. The Labute approximate surface area is 195 Å². The van der Waals surface area contributed by atoms with Gasteiger partial charge in [-0.05, 0) is 64.3 Å². The lowest BCUT2D eigenvalue weighted by atomic mass is 9.94. The van der Waals surface area contributed by atoms with Gasteiger partial charge in [-0.15, -0.1) is 0 Å². The van der Waals surface area contributed by atoms with Crippen LogP contribution in [-0.2, 0) is 21.2 Å². The summed E-state index contributed by atoms with van der Waals surface area (Å²) >= 11 is 0. The van der Waals surface area contributed by atoms with E-state index >= 15 is 0 Å². The number of rotatable bonds is 8. The third-order valence-corrected chi connectivity index (χ3v) is 8.15. The highest BCUT2D eigenvalue weighted by Gasteiger charge is 2.58. The zero-order valence-electron chi connectivity index (χ0n) is 19.4. The second-order valence-corrected chi connectivity index (χ2v) is 11.0. The summed E-state index contributed by atoms with van der Waals surface area (Å²) in [6, 6.07) is 11.9. The van der Waals surface area contributed by atoms with Crippen LogP contribution in [0.15, 0.2) is 64.6 Å². The van der Waals surface area contributed by atoms with Gasteiger partial charge in [-0.25, -0.2) is 8.42 Å². The Balaban J connectivity index is 1.76. The smallest absolute Gasteiger partial charge is 0.287 e. The average molecular weight is 474 g/mol. The molecule has 2 N–H and O–H groups in total. The van der Waals surface area contributed by atoms with E-state index in [4.69, 9.17) is 4.42 Å². The van der Waals surface area contributed by atoms with Gasteiger partial charge in [-0.3, -0.25) is 9.59 Å². The van der Waals surface area contributed by atoms with Crippen molar-refractivity contribution in [3.63, 3.8) is 0 Å². The van der Waals surface area contributed by atoms with E-state index in [1.54, 1.807) is 27.7 Å². The summed E-state index contributed by atoms with van der Waals surface area (Å²) in [5.41, 5.74) is -0.657. The predicted molar refractivity (Wildman–Crippen MR) is 125 cm³/mol. The van der Waals surface area contributed by atoms with Crippen LogP contribution in [0, 0.1) is 0 Å². The molecule has 178 valence electrons. The molecule has 2 heterocycles. The molecule has 3 rings (SSSR count). The van der Waals surface area contributed by atoms with Gasteiger partial charge in [0.15, 0.2) is 5.76 Å². The van der Waals surface area contributed by atoms with E-state index in [-0.39, 0.29) is 16.8 Å². The molecular weight excluding hydrogens is 442 g/mol. The number of nitrogens with one attached hydrogen (secondary N) is 2. The molecule has 8 nitrogen and oxygen atoms in total. The van der Waals surface area contributed by atoms with Gasteiger partial charge in [-0.1, -0.05) is 36.9 Å². The van der Waals surface area contributed by atoms with Gasteiger partial charge in [0.1, 0.15) is 0 Å². The van der Waals surface area contributed by atoms with Crippen molar-refractivity contribution in [1.82, 2.24) is 14.9 Å². The van der Waals surface area contributed by atoms with Gasteiger partial charge in [-0.2, -0.15) is 4.31 Å². The van der Waals surface area contributed by atoms with E-state index < -0.39 is 33.1 Å². The Morgan fingerprint density at radius 1 is 1.15 bits per heavy atom. The SMILES string of the molecule is C=CC(=O)NC1CC(C)(C)N(S(=O)(=O)c2ccc(C(=O)NCCc3ccccc3)o2)C1(C)C. The molecule has 0 radical (unpaired) electrons. The first-order valence-electron chi connectivity index (χ1n) is 10.8. The molecule has 1 aromatic carbocycles. The van der Waals surface area contributed by atoms with Crippen molar-refractivity contribution in [1.29, 1.82) is 0 Å². The Morgan fingerprint density at radius 3 is 2.45 bits per heavy atom. The summed E-state index contributed by atoms with van der Waals surface area (Å²) in [6.07, 6.45) is 2.22. The molecule has 1 saturated heterocycles. The number of nitrogens with zero attached hydrogens (tertiary/aromatic N) is 1. The van der Waals surface area contributed by atoms with E-state index in [1.807, 2.05) is 30.3 Å². The quantitative estimate of drug-likeness (QED) is 0.573. The van der Waals surface area contributed by atoms with Crippen LogP contribution in [0.25, 0.3) is 0 Å². The molecule has 0 saturated carbocycles. The minimum Gasteiger partial charge on any atom is -0.438 e. The number of hydrogen-bond donors (Lipinski definition) is 2. The molecule has 33 heavy (non-hydrogen) atoms. The van der Waals surface area contributed by atoms with Crippen molar-refractivity contribution in [3.05, 3.63) is 66.4 Å². The standard InChI is InChI=1S/C24H31N3O5S/c1-6-20(28)26-19-16-23(2,3)27(24(19,4)5)33(30,31)21-13-12-18(32-21)22(29)25-15-14-17-10-8-7-9-11-17/h6-13,19H,1,14-16H2,2-5H3,(H,25,29)(H,26,28). The summed E-state index contributed by atoms with van der Waals surface area (Å²) in [6.45, 7) is 11.0. The van der Waals surface area contributed by atoms with Crippen molar-refractivity contribution >= 4 is 21.8 Å². The molecule has 1 unspecified atom stereocenters. The van der Waals surface area contributed by atoms with Crippen LogP contribution in [0.5, 0.6) is 0 Å². The molecule has 1 fully saturated rings. The highest BCUT2D eigenvalue weighted by Crippen LogP contribution is 2.45. The van der Waals surface area contributed by atoms with Crippen molar-refractivity contribution in [3.8, 4) is 0 Å². The maximum atomic E-state index is 13.6. The van der Waals surface area contributed by atoms with E-state index in [0.717, 1.165) is 11.6 Å². The molecule has 0 bridgehead atoms. The molecule has 0 spiro atoms. The lowest BCUT2D eigenvalue weighted by Crippen LogP contribution is -2.56. The van der Waals surface area contributed by atoms with Gasteiger partial charge < -0.3 is 15.1 Å². The second kappa shape index (κ2) is 9.15. The molecular formula is C24H31N3O5S. The fraction of sp³-hybridized carbons (Fsp3) is 0.417. The topological polar surface area (TPSA) is 109 Å². The van der Waals surface area contributed by atoms with Crippen LogP contribution < -0.4 is 10.6 Å². The largest absolute Gasteiger partial charge is 0.438 e. The van der Waals surface area contributed by atoms with Gasteiger partial charge >= 0.3 is 0 Å². The van der Waals surface area contributed by atoms with Crippen molar-refractivity contribution in [2.24, 2.45) is 0 Å². The van der Waals surface area contributed by atoms with Crippen LogP contribution in [0.3, 0.4) is 0 Å². The van der Waals surface area contributed by atoms with Crippen LogP contribution in [0.4, 0.5) is 0 Å². The molecule has 2 aromatic rings. The number of carbonyl (C=O) groups excluding carboxylic acids is 2. The number of hydrogen-bond acceptors (Lipinski definition) is 5. The van der Waals surface area contributed by atoms with Crippen LogP contribution in [0.1, 0.15) is 50.2 Å². The van der Waals surface area contributed by atoms with E-state index in [9.17, 15) is 18.0 Å². The predicted octanol–water partition coefficient (Wildman–Crippen LogP) is 2.87. The highest BCUT2D eigenvalue weighted by molar-refractivity contribution is 7.89. The first-order valence-corrected chi connectivity index (χ1v) is 12.2. The van der Waals surface area contributed by atoms with E-state index in [1.165, 1.54) is 16.4 Å². The zero-order chi connectivity index (χ0) is 24.4. The summed E-state index contributed by atoms with van der Waals surface area (Å²) in [5.74, 6) is -0.924. The fourth-order valence-corrected chi connectivity index (χ4v) is 6.66. The molecule has 9 heteroatoms. The maximum Gasteiger partial charge on any atom is 0.287 e. The Kier molecular flexibility index (Phi) is 6.85. The lowest BCUT2D eigenvalue weighted by Gasteiger charge is -2.39. The third kappa shape index (κ3) is 5.04. The maximum absolute atomic E-state index is 13.6. The molecule has 0 aliphatic carbocycles. The van der Waals surface area contributed by atoms with Crippen LogP contribution >= 0.6 is 0 Å². The highest BCUT2D eigenvalue weighted by atomic mass is 32.2. The Morgan fingerprint density at radius 2 is 1.82 bits per heavy atom. The third-order valence-electron chi connectivity index (χ3n) is 5.97. The summed E-state index contributed by atoms with van der Waals surface area (Å²) in [5, 5.41) is 5.27.